The number of benzene rings is 1. The van der Waals surface area contributed by atoms with E-state index in [-0.39, 0.29) is 17.7 Å². The highest BCUT2D eigenvalue weighted by Gasteiger charge is 2.35. The maximum atomic E-state index is 12.8. The molecule has 0 saturated heterocycles. The van der Waals surface area contributed by atoms with Crippen LogP contribution in [0.5, 0.6) is 0 Å². The topological polar surface area (TPSA) is 67.4 Å². The zero-order chi connectivity index (χ0) is 19.1. The second kappa shape index (κ2) is 9.72. The van der Waals surface area contributed by atoms with Gasteiger partial charge in [0.15, 0.2) is 0 Å². The van der Waals surface area contributed by atoms with Crippen molar-refractivity contribution in [2.24, 2.45) is 23.7 Å². The van der Waals surface area contributed by atoms with Crippen molar-refractivity contribution in [2.75, 3.05) is 25.6 Å². The molecule has 0 aromatic heterocycles. The van der Waals surface area contributed by atoms with Crippen LogP contribution in [-0.2, 0) is 9.53 Å². The smallest absolute Gasteiger partial charge is 0.251 e. The molecular weight excluding hydrogens is 328 g/mol. The number of amides is 2. The van der Waals surface area contributed by atoms with Crippen LogP contribution in [0.25, 0.3) is 0 Å². The van der Waals surface area contributed by atoms with Gasteiger partial charge in [0.1, 0.15) is 0 Å². The third kappa shape index (κ3) is 5.56. The minimum Gasteiger partial charge on any atom is -0.383 e. The first-order valence-electron chi connectivity index (χ1n) is 9.60. The first-order chi connectivity index (χ1) is 12.4. The standard InChI is InChI=1S/C21H32N2O3/c1-14(2)18-10-5-15(3)13-19(18)21(25)23-17-8-6-16(7-9-17)20(24)22-11-12-26-4/h6-9,14-15,18-19H,5,10-13H2,1-4H3,(H,22,24)(H,23,25). The van der Waals surface area contributed by atoms with Crippen LogP contribution in [0.4, 0.5) is 5.69 Å². The number of methoxy groups -OCH3 is 1. The summed E-state index contributed by atoms with van der Waals surface area (Å²) in [6.07, 6.45) is 3.28. The molecule has 3 unspecified atom stereocenters. The Hall–Kier alpha value is -1.88. The lowest BCUT2D eigenvalue weighted by atomic mass is 9.70. The van der Waals surface area contributed by atoms with Crippen LogP contribution in [0, 0.1) is 23.7 Å². The largest absolute Gasteiger partial charge is 0.383 e. The zero-order valence-electron chi connectivity index (χ0n) is 16.4. The quantitative estimate of drug-likeness (QED) is 0.729. The molecule has 5 heteroatoms. The van der Waals surface area contributed by atoms with Crippen molar-refractivity contribution in [3.63, 3.8) is 0 Å². The minimum absolute atomic E-state index is 0.0655. The monoisotopic (exact) mass is 360 g/mol. The predicted octanol–water partition coefficient (Wildman–Crippen LogP) is 3.71. The van der Waals surface area contributed by atoms with Gasteiger partial charge >= 0.3 is 0 Å². The molecule has 1 aliphatic carbocycles. The Bertz CT molecular complexity index is 598. The van der Waals surface area contributed by atoms with E-state index in [9.17, 15) is 9.59 Å². The summed E-state index contributed by atoms with van der Waals surface area (Å²) in [6.45, 7) is 7.60. The van der Waals surface area contributed by atoms with Crippen LogP contribution >= 0.6 is 0 Å². The van der Waals surface area contributed by atoms with E-state index in [2.05, 4.69) is 31.4 Å². The molecule has 26 heavy (non-hydrogen) atoms. The van der Waals surface area contributed by atoms with Crippen molar-refractivity contribution in [2.45, 2.75) is 40.0 Å². The van der Waals surface area contributed by atoms with E-state index in [1.165, 1.54) is 6.42 Å². The Morgan fingerprint density at radius 2 is 1.88 bits per heavy atom. The van der Waals surface area contributed by atoms with Gasteiger partial charge in [0, 0.05) is 30.8 Å². The van der Waals surface area contributed by atoms with E-state index in [0.717, 1.165) is 18.5 Å². The average molecular weight is 360 g/mol. The number of carbonyl (C=O) groups is 2. The molecule has 0 spiro atoms. The SMILES string of the molecule is COCCNC(=O)c1ccc(NC(=O)C2CC(C)CCC2C(C)C)cc1. The lowest BCUT2D eigenvalue weighted by Gasteiger charge is -2.36. The van der Waals surface area contributed by atoms with Crippen molar-refractivity contribution in [3.05, 3.63) is 29.8 Å². The van der Waals surface area contributed by atoms with Crippen LogP contribution in [0.1, 0.15) is 50.4 Å². The lowest BCUT2D eigenvalue weighted by molar-refractivity contribution is -0.123. The molecule has 2 N–H and O–H groups in total. The van der Waals surface area contributed by atoms with Crippen LogP contribution in [0.3, 0.4) is 0 Å². The van der Waals surface area contributed by atoms with Crippen molar-refractivity contribution in [1.29, 1.82) is 0 Å². The molecule has 5 nitrogen and oxygen atoms in total. The Morgan fingerprint density at radius 3 is 2.50 bits per heavy atom. The van der Waals surface area contributed by atoms with E-state index < -0.39 is 0 Å². The third-order valence-electron chi connectivity index (χ3n) is 5.37. The van der Waals surface area contributed by atoms with Crippen LogP contribution in [0.2, 0.25) is 0 Å². The summed E-state index contributed by atoms with van der Waals surface area (Å²) in [5.41, 5.74) is 1.31. The van der Waals surface area contributed by atoms with Gasteiger partial charge in [-0.3, -0.25) is 9.59 Å². The molecule has 1 aromatic rings. The van der Waals surface area contributed by atoms with Gasteiger partial charge in [-0.1, -0.05) is 27.2 Å². The molecule has 144 valence electrons. The first kappa shape index (κ1) is 20.4. The first-order valence-corrected chi connectivity index (χ1v) is 9.60. The fourth-order valence-electron chi connectivity index (χ4n) is 3.81. The van der Waals surface area contributed by atoms with Gasteiger partial charge in [0.05, 0.1) is 6.61 Å². The van der Waals surface area contributed by atoms with Crippen LogP contribution < -0.4 is 10.6 Å². The van der Waals surface area contributed by atoms with Gasteiger partial charge in [-0.2, -0.15) is 0 Å². The maximum Gasteiger partial charge on any atom is 0.251 e. The molecular formula is C21H32N2O3. The molecule has 2 amide bonds. The molecule has 1 aromatic carbocycles. The van der Waals surface area contributed by atoms with Crippen LogP contribution in [0.15, 0.2) is 24.3 Å². The summed E-state index contributed by atoms with van der Waals surface area (Å²) < 4.78 is 4.92. The normalized spacial score (nSPS) is 22.9. The molecule has 1 aliphatic rings. The van der Waals surface area contributed by atoms with Gasteiger partial charge in [0.2, 0.25) is 5.91 Å². The van der Waals surface area contributed by atoms with Gasteiger partial charge in [-0.05, 0) is 54.9 Å². The number of anilines is 1. The van der Waals surface area contributed by atoms with E-state index in [0.29, 0.717) is 36.5 Å². The maximum absolute atomic E-state index is 12.8. The van der Waals surface area contributed by atoms with Gasteiger partial charge < -0.3 is 15.4 Å². The highest BCUT2D eigenvalue weighted by atomic mass is 16.5. The number of hydrogen-bond donors (Lipinski definition) is 2. The van der Waals surface area contributed by atoms with E-state index in [4.69, 9.17) is 4.74 Å². The van der Waals surface area contributed by atoms with Crippen molar-refractivity contribution in [1.82, 2.24) is 5.32 Å². The van der Waals surface area contributed by atoms with Crippen molar-refractivity contribution >= 4 is 17.5 Å². The number of nitrogens with one attached hydrogen (secondary N) is 2. The second-order valence-electron chi connectivity index (χ2n) is 7.75. The second-order valence-corrected chi connectivity index (χ2v) is 7.75. The number of carbonyl (C=O) groups excluding carboxylic acids is 2. The predicted molar refractivity (Wildman–Crippen MR) is 104 cm³/mol. The summed E-state index contributed by atoms with van der Waals surface area (Å²) in [4.78, 5) is 24.8. The minimum atomic E-state index is -0.138. The summed E-state index contributed by atoms with van der Waals surface area (Å²) in [7, 11) is 1.60. The third-order valence-corrected chi connectivity index (χ3v) is 5.37. The summed E-state index contributed by atoms with van der Waals surface area (Å²) in [6, 6.07) is 7.06. The average Bonchev–Trinajstić information content (AvgIpc) is 2.62. The molecule has 0 radical (unpaired) electrons. The Balaban J connectivity index is 1.96. The molecule has 1 fully saturated rings. The van der Waals surface area contributed by atoms with Crippen LogP contribution in [-0.4, -0.2) is 32.1 Å². The Labute approximate surface area is 156 Å². The van der Waals surface area contributed by atoms with Crippen molar-refractivity contribution in [3.8, 4) is 0 Å². The molecule has 0 bridgehead atoms. The van der Waals surface area contributed by atoms with E-state index in [1.54, 1.807) is 31.4 Å². The highest BCUT2D eigenvalue weighted by molar-refractivity contribution is 5.96. The number of hydrogen-bond acceptors (Lipinski definition) is 3. The molecule has 1 saturated carbocycles. The fourth-order valence-corrected chi connectivity index (χ4v) is 3.81. The van der Waals surface area contributed by atoms with E-state index >= 15 is 0 Å². The Morgan fingerprint density at radius 1 is 1.19 bits per heavy atom. The van der Waals surface area contributed by atoms with E-state index in [1.807, 2.05) is 0 Å². The summed E-state index contributed by atoms with van der Waals surface area (Å²) in [5, 5.41) is 5.83. The number of ether oxygens (including phenoxy) is 1. The molecule has 0 heterocycles. The fraction of sp³-hybridized carbons (Fsp3) is 0.619. The molecule has 0 aliphatic heterocycles. The van der Waals surface area contributed by atoms with Gasteiger partial charge in [-0.15, -0.1) is 0 Å². The van der Waals surface area contributed by atoms with Gasteiger partial charge in [0.25, 0.3) is 5.91 Å². The summed E-state index contributed by atoms with van der Waals surface area (Å²) in [5.74, 6) is 1.58. The zero-order valence-corrected chi connectivity index (χ0v) is 16.4. The highest BCUT2D eigenvalue weighted by Crippen LogP contribution is 2.38. The summed E-state index contributed by atoms with van der Waals surface area (Å²) >= 11 is 0. The van der Waals surface area contributed by atoms with Crippen molar-refractivity contribution < 1.29 is 14.3 Å². The lowest BCUT2D eigenvalue weighted by Crippen LogP contribution is -2.36. The molecule has 2 rings (SSSR count). The number of rotatable bonds is 7. The Kier molecular flexibility index (Phi) is 7.64. The van der Waals surface area contributed by atoms with Gasteiger partial charge in [-0.25, -0.2) is 0 Å². The molecule has 3 atom stereocenters.